The molecule has 0 bridgehead atoms. The minimum atomic E-state index is -4.29. The van der Waals surface area contributed by atoms with Crippen molar-refractivity contribution in [2.24, 2.45) is 0 Å². The van der Waals surface area contributed by atoms with Gasteiger partial charge in [-0.2, -0.15) is 18.3 Å². The van der Waals surface area contributed by atoms with Gasteiger partial charge >= 0.3 is 6.18 Å². The lowest BCUT2D eigenvalue weighted by atomic mass is 10.2. The summed E-state index contributed by atoms with van der Waals surface area (Å²) in [6.45, 7) is 1.96. The average Bonchev–Trinajstić information content (AvgIpc) is 2.57. The molecule has 0 spiro atoms. The lowest BCUT2D eigenvalue weighted by Crippen LogP contribution is -2.24. The van der Waals surface area contributed by atoms with Crippen LogP contribution >= 0.6 is 0 Å². The van der Waals surface area contributed by atoms with Crippen LogP contribution in [-0.4, -0.2) is 22.3 Å². The summed E-state index contributed by atoms with van der Waals surface area (Å²) >= 11 is 0. The van der Waals surface area contributed by atoms with E-state index in [4.69, 9.17) is 0 Å². The molecule has 4 nitrogen and oxygen atoms in total. The second-order valence-corrected chi connectivity index (χ2v) is 3.41. The van der Waals surface area contributed by atoms with Crippen molar-refractivity contribution in [3.63, 3.8) is 0 Å². The average molecular weight is 235 g/mol. The molecule has 1 aromatic rings. The molecule has 2 N–H and O–H groups in total. The summed E-state index contributed by atoms with van der Waals surface area (Å²) in [6, 6.07) is 0. The number of rotatable bonds is 4. The predicted molar refractivity (Wildman–Crippen MR) is 50.5 cm³/mol. The first-order chi connectivity index (χ1) is 7.38. The zero-order chi connectivity index (χ0) is 12.2. The molecule has 1 amide bonds. The van der Waals surface area contributed by atoms with Crippen molar-refractivity contribution in [1.29, 1.82) is 0 Å². The first-order valence-corrected chi connectivity index (χ1v) is 4.71. The van der Waals surface area contributed by atoms with Crippen LogP contribution < -0.4 is 5.32 Å². The Balaban J connectivity index is 2.29. The highest BCUT2D eigenvalue weighted by atomic mass is 19.4. The summed E-state index contributed by atoms with van der Waals surface area (Å²) in [5.74, 6) is -0.613. The van der Waals surface area contributed by atoms with E-state index < -0.39 is 24.9 Å². The molecule has 1 rings (SSSR count). The Kier molecular flexibility index (Phi) is 3.92. The van der Waals surface area contributed by atoms with Crippen molar-refractivity contribution in [3.8, 4) is 0 Å². The van der Waals surface area contributed by atoms with E-state index in [-0.39, 0.29) is 6.54 Å². The molecular formula is C9H12F3N3O. The SMILES string of the molecule is Cc1[nH]ncc1CNC(=O)CCC(F)(F)F. The number of carbonyl (C=O) groups is 1. The Morgan fingerprint density at radius 2 is 2.25 bits per heavy atom. The number of amides is 1. The van der Waals surface area contributed by atoms with Gasteiger partial charge in [-0.3, -0.25) is 9.89 Å². The lowest BCUT2D eigenvalue weighted by Gasteiger charge is -2.06. The third kappa shape index (κ3) is 4.33. The van der Waals surface area contributed by atoms with Gasteiger partial charge in [0.15, 0.2) is 0 Å². The van der Waals surface area contributed by atoms with Gasteiger partial charge in [-0.15, -0.1) is 0 Å². The zero-order valence-electron chi connectivity index (χ0n) is 8.69. The molecule has 0 radical (unpaired) electrons. The molecule has 7 heteroatoms. The molecule has 0 saturated carbocycles. The first kappa shape index (κ1) is 12.5. The maximum Gasteiger partial charge on any atom is 0.389 e. The largest absolute Gasteiger partial charge is 0.389 e. The number of aromatic nitrogens is 2. The lowest BCUT2D eigenvalue weighted by molar-refractivity contribution is -0.144. The molecule has 0 fully saturated rings. The summed E-state index contributed by atoms with van der Waals surface area (Å²) in [7, 11) is 0. The minimum absolute atomic E-state index is 0.193. The van der Waals surface area contributed by atoms with E-state index in [9.17, 15) is 18.0 Å². The van der Waals surface area contributed by atoms with Crippen LogP contribution in [0, 0.1) is 6.92 Å². The molecule has 0 saturated heterocycles. The molecular weight excluding hydrogens is 223 g/mol. The van der Waals surface area contributed by atoms with Crippen LogP contribution in [0.2, 0.25) is 0 Å². The maximum atomic E-state index is 11.8. The van der Waals surface area contributed by atoms with Crippen molar-refractivity contribution < 1.29 is 18.0 Å². The monoisotopic (exact) mass is 235 g/mol. The maximum absolute atomic E-state index is 11.8. The van der Waals surface area contributed by atoms with Crippen molar-refractivity contribution in [3.05, 3.63) is 17.5 Å². The molecule has 0 aliphatic heterocycles. The molecule has 0 aliphatic rings. The van der Waals surface area contributed by atoms with Crippen LogP contribution in [0.5, 0.6) is 0 Å². The van der Waals surface area contributed by atoms with Gasteiger partial charge in [-0.25, -0.2) is 0 Å². The van der Waals surface area contributed by atoms with Crippen LogP contribution in [0.15, 0.2) is 6.20 Å². The van der Waals surface area contributed by atoms with E-state index in [2.05, 4.69) is 15.5 Å². The number of H-pyrrole nitrogens is 1. The number of nitrogens with one attached hydrogen (secondary N) is 2. The quantitative estimate of drug-likeness (QED) is 0.834. The van der Waals surface area contributed by atoms with E-state index in [1.54, 1.807) is 6.92 Å². The van der Waals surface area contributed by atoms with Gasteiger partial charge in [-0.1, -0.05) is 0 Å². The molecule has 1 heterocycles. The van der Waals surface area contributed by atoms with E-state index >= 15 is 0 Å². The van der Waals surface area contributed by atoms with E-state index in [0.717, 1.165) is 11.3 Å². The van der Waals surface area contributed by atoms with E-state index in [1.165, 1.54) is 6.20 Å². The fourth-order valence-electron chi connectivity index (χ4n) is 1.09. The topological polar surface area (TPSA) is 57.8 Å². The van der Waals surface area contributed by atoms with Gasteiger partial charge < -0.3 is 5.32 Å². The third-order valence-corrected chi connectivity index (χ3v) is 2.05. The number of carbonyl (C=O) groups excluding carboxylic acids is 1. The normalized spacial score (nSPS) is 11.5. The van der Waals surface area contributed by atoms with Gasteiger partial charge in [-0.05, 0) is 6.92 Å². The highest BCUT2D eigenvalue weighted by molar-refractivity contribution is 5.75. The zero-order valence-corrected chi connectivity index (χ0v) is 8.69. The van der Waals surface area contributed by atoms with Gasteiger partial charge in [0, 0.05) is 24.2 Å². The summed E-state index contributed by atoms with van der Waals surface area (Å²) in [5.41, 5.74) is 1.55. The Labute approximate surface area is 90.2 Å². The van der Waals surface area contributed by atoms with Crippen LogP contribution in [0.4, 0.5) is 13.2 Å². The molecule has 90 valence electrons. The van der Waals surface area contributed by atoms with Crippen molar-refractivity contribution in [2.45, 2.75) is 32.5 Å². The second-order valence-electron chi connectivity index (χ2n) is 3.41. The smallest absolute Gasteiger partial charge is 0.352 e. The summed E-state index contributed by atoms with van der Waals surface area (Å²) in [6.07, 6.45) is -4.40. The van der Waals surface area contributed by atoms with E-state index in [1.807, 2.05) is 0 Å². The van der Waals surface area contributed by atoms with Crippen LogP contribution in [-0.2, 0) is 11.3 Å². The van der Waals surface area contributed by atoms with Crippen LogP contribution in [0.25, 0.3) is 0 Å². The van der Waals surface area contributed by atoms with Gasteiger partial charge in [0.25, 0.3) is 0 Å². The highest BCUT2D eigenvalue weighted by Gasteiger charge is 2.27. The number of alkyl halides is 3. The number of hydrogen-bond donors (Lipinski definition) is 2. The molecule has 0 unspecified atom stereocenters. The van der Waals surface area contributed by atoms with E-state index in [0.29, 0.717) is 0 Å². The summed E-state index contributed by atoms with van der Waals surface area (Å²) < 4.78 is 35.4. The van der Waals surface area contributed by atoms with Crippen molar-refractivity contribution in [1.82, 2.24) is 15.5 Å². The predicted octanol–water partition coefficient (Wildman–Crippen LogP) is 1.68. The standard InChI is InChI=1S/C9H12F3N3O/c1-6-7(5-14-15-6)4-13-8(16)2-3-9(10,11)12/h5H,2-4H2,1H3,(H,13,16)(H,14,15). The minimum Gasteiger partial charge on any atom is -0.352 e. The van der Waals surface area contributed by atoms with Crippen molar-refractivity contribution >= 4 is 5.91 Å². The Hall–Kier alpha value is -1.53. The fraction of sp³-hybridized carbons (Fsp3) is 0.556. The number of nitrogens with zero attached hydrogens (tertiary/aromatic N) is 1. The second kappa shape index (κ2) is 5.00. The molecule has 0 aromatic carbocycles. The number of aromatic amines is 1. The molecule has 0 aliphatic carbocycles. The number of hydrogen-bond acceptors (Lipinski definition) is 2. The first-order valence-electron chi connectivity index (χ1n) is 4.71. The van der Waals surface area contributed by atoms with Crippen molar-refractivity contribution in [2.75, 3.05) is 0 Å². The fourth-order valence-corrected chi connectivity index (χ4v) is 1.09. The molecule has 1 aromatic heterocycles. The summed E-state index contributed by atoms with van der Waals surface area (Å²) in [5, 5.41) is 8.80. The van der Waals surface area contributed by atoms with Gasteiger partial charge in [0.1, 0.15) is 0 Å². The Bertz CT molecular complexity index is 359. The highest BCUT2D eigenvalue weighted by Crippen LogP contribution is 2.20. The van der Waals surface area contributed by atoms with Gasteiger partial charge in [0.05, 0.1) is 12.6 Å². The van der Waals surface area contributed by atoms with Crippen LogP contribution in [0.3, 0.4) is 0 Å². The van der Waals surface area contributed by atoms with Gasteiger partial charge in [0.2, 0.25) is 5.91 Å². The number of aryl methyl sites for hydroxylation is 1. The Morgan fingerprint density at radius 3 is 2.75 bits per heavy atom. The molecule has 16 heavy (non-hydrogen) atoms. The number of halogens is 3. The summed E-state index contributed by atoms with van der Waals surface area (Å²) in [4.78, 5) is 11.1. The Morgan fingerprint density at radius 1 is 1.56 bits per heavy atom. The third-order valence-electron chi connectivity index (χ3n) is 2.05. The molecule has 0 atom stereocenters. The van der Waals surface area contributed by atoms with Crippen LogP contribution in [0.1, 0.15) is 24.1 Å².